The minimum absolute atomic E-state index is 0.207. The molecule has 0 atom stereocenters. The number of anilines is 2. The van der Waals surface area contributed by atoms with Gasteiger partial charge in [-0.1, -0.05) is 11.6 Å². The predicted octanol–water partition coefficient (Wildman–Crippen LogP) is 4.24. The van der Waals surface area contributed by atoms with Crippen LogP contribution in [0.3, 0.4) is 0 Å². The highest BCUT2D eigenvalue weighted by molar-refractivity contribution is 7.92. The Kier molecular flexibility index (Phi) is 4.41. The molecule has 4 aromatic heterocycles. The van der Waals surface area contributed by atoms with Gasteiger partial charge in [-0.2, -0.15) is 13.5 Å². The normalized spacial score (nSPS) is 14.2. The average molecular weight is 447 g/mol. The molecule has 0 bridgehead atoms. The maximum Gasteiger partial charge on any atom is 0.277 e. The second-order valence-corrected chi connectivity index (χ2v) is 10.2. The van der Waals surface area contributed by atoms with Crippen LogP contribution in [0.1, 0.15) is 24.5 Å². The molecular formula is C18H15ClN6O2S2. The van der Waals surface area contributed by atoms with Crippen LogP contribution in [0.5, 0.6) is 0 Å². The minimum Gasteiger partial charge on any atom is -0.322 e. The van der Waals surface area contributed by atoms with Gasteiger partial charge >= 0.3 is 0 Å². The van der Waals surface area contributed by atoms with Crippen molar-refractivity contribution in [2.24, 2.45) is 0 Å². The van der Waals surface area contributed by atoms with E-state index in [9.17, 15) is 8.42 Å². The third-order valence-electron chi connectivity index (χ3n) is 4.52. The number of thiophene rings is 1. The van der Waals surface area contributed by atoms with Crippen LogP contribution in [0.2, 0.25) is 5.02 Å². The van der Waals surface area contributed by atoms with E-state index in [4.69, 9.17) is 11.6 Å². The SMILES string of the molecule is O=S(=O)(c1ccc(-c2ncc(Cl)c(Nc3cc(C4CC4)[nH]n3)n2)s1)n1cccc1. The van der Waals surface area contributed by atoms with Gasteiger partial charge in [-0.3, -0.25) is 5.10 Å². The molecule has 1 fully saturated rings. The highest BCUT2D eigenvalue weighted by Gasteiger charge is 2.26. The van der Waals surface area contributed by atoms with E-state index in [0.717, 1.165) is 17.0 Å². The molecule has 0 aromatic carbocycles. The van der Waals surface area contributed by atoms with Crippen molar-refractivity contribution < 1.29 is 8.42 Å². The molecule has 8 nitrogen and oxygen atoms in total. The summed E-state index contributed by atoms with van der Waals surface area (Å²) in [6, 6.07) is 8.51. The lowest BCUT2D eigenvalue weighted by molar-refractivity contribution is 0.589. The van der Waals surface area contributed by atoms with Crippen LogP contribution >= 0.6 is 22.9 Å². The average Bonchev–Trinajstić information content (AvgIpc) is 3.14. The lowest BCUT2D eigenvalue weighted by Crippen LogP contribution is -2.08. The Morgan fingerprint density at radius 3 is 2.79 bits per heavy atom. The summed E-state index contributed by atoms with van der Waals surface area (Å²) >= 11 is 7.34. The summed E-state index contributed by atoms with van der Waals surface area (Å²) in [5.74, 6) is 1.98. The van der Waals surface area contributed by atoms with Crippen molar-refractivity contribution in [1.82, 2.24) is 24.1 Å². The number of hydrogen-bond acceptors (Lipinski definition) is 7. The summed E-state index contributed by atoms with van der Waals surface area (Å²) in [4.78, 5) is 9.34. The molecule has 0 radical (unpaired) electrons. The molecule has 5 rings (SSSR count). The Bertz CT molecular complexity index is 1280. The number of aromatic amines is 1. The highest BCUT2D eigenvalue weighted by Crippen LogP contribution is 2.40. The zero-order valence-electron chi connectivity index (χ0n) is 14.9. The molecule has 11 heteroatoms. The van der Waals surface area contributed by atoms with Crippen molar-refractivity contribution in [2.75, 3.05) is 5.32 Å². The van der Waals surface area contributed by atoms with Gasteiger partial charge in [0, 0.05) is 30.1 Å². The van der Waals surface area contributed by atoms with Crippen LogP contribution in [-0.4, -0.2) is 32.6 Å². The third kappa shape index (κ3) is 3.54. The first-order valence-electron chi connectivity index (χ1n) is 8.84. The summed E-state index contributed by atoms with van der Waals surface area (Å²) in [5.41, 5.74) is 1.09. The Morgan fingerprint density at radius 2 is 2.03 bits per heavy atom. The number of halogens is 1. The van der Waals surface area contributed by atoms with Crippen molar-refractivity contribution in [3.63, 3.8) is 0 Å². The summed E-state index contributed by atoms with van der Waals surface area (Å²) in [5, 5.41) is 10.7. The second kappa shape index (κ2) is 6.97. The van der Waals surface area contributed by atoms with Gasteiger partial charge in [-0.25, -0.2) is 13.9 Å². The largest absolute Gasteiger partial charge is 0.322 e. The molecule has 0 unspecified atom stereocenters. The summed E-state index contributed by atoms with van der Waals surface area (Å²) < 4.78 is 26.7. The monoisotopic (exact) mass is 446 g/mol. The Labute approximate surface area is 175 Å². The van der Waals surface area contributed by atoms with E-state index in [1.165, 1.54) is 35.4 Å². The summed E-state index contributed by atoms with van der Waals surface area (Å²) in [6.45, 7) is 0. The minimum atomic E-state index is -3.63. The molecule has 4 aromatic rings. The van der Waals surface area contributed by atoms with Crippen molar-refractivity contribution >= 4 is 44.6 Å². The van der Waals surface area contributed by atoms with Gasteiger partial charge in [0.05, 0.1) is 11.1 Å². The molecule has 0 amide bonds. The van der Waals surface area contributed by atoms with E-state index < -0.39 is 10.0 Å². The van der Waals surface area contributed by atoms with E-state index in [2.05, 4.69) is 25.5 Å². The Balaban J connectivity index is 1.43. The van der Waals surface area contributed by atoms with Crippen molar-refractivity contribution in [3.05, 3.63) is 59.6 Å². The third-order valence-corrected chi connectivity index (χ3v) is 7.99. The topological polar surface area (TPSA) is 106 Å². The fourth-order valence-electron chi connectivity index (χ4n) is 2.86. The van der Waals surface area contributed by atoms with Crippen LogP contribution in [0.4, 0.5) is 11.6 Å². The molecule has 0 spiro atoms. The van der Waals surface area contributed by atoms with E-state index in [1.54, 1.807) is 24.3 Å². The number of aromatic nitrogens is 5. The van der Waals surface area contributed by atoms with Gasteiger partial charge < -0.3 is 5.32 Å². The molecule has 1 aliphatic rings. The van der Waals surface area contributed by atoms with Gasteiger partial charge in [-0.05, 0) is 37.1 Å². The number of rotatable bonds is 6. The second-order valence-electron chi connectivity index (χ2n) is 6.63. The number of nitrogens with zero attached hydrogens (tertiary/aromatic N) is 4. The zero-order chi connectivity index (χ0) is 20.0. The first-order valence-corrected chi connectivity index (χ1v) is 11.5. The fourth-order valence-corrected chi connectivity index (χ4v) is 5.54. The van der Waals surface area contributed by atoms with Crippen molar-refractivity contribution in [1.29, 1.82) is 0 Å². The van der Waals surface area contributed by atoms with E-state index in [0.29, 0.717) is 33.3 Å². The molecule has 1 aliphatic carbocycles. The molecule has 148 valence electrons. The molecule has 29 heavy (non-hydrogen) atoms. The van der Waals surface area contributed by atoms with Crippen LogP contribution in [0, 0.1) is 0 Å². The van der Waals surface area contributed by atoms with E-state index >= 15 is 0 Å². The Morgan fingerprint density at radius 1 is 1.24 bits per heavy atom. The highest BCUT2D eigenvalue weighted by atomic mass is 35.5. The van der Waals surface area contributed by atoms with Gasteiger partial charge in [0.1, 0.15) is 9.23 Å². The lowest BCUT2D eigenvalue weighted by Gasteiger charge is -2.06. The van der Waals surface area contributed by atoms with Crippen molar-refractivity contribution in [2.45, 2.75) is 23.0 Å². The van der Waals surface area contributed by atoms with Crippen LogP contribution in [0.15, 0.2) is 53.1 Å². The maximum absolute atomic E-state index is 12.7. The number of hydrogen-bond donors (Lipinski definition) is 2. The van der Waals surface area contributed by atoms with Gasteiger partial charge in [0.15, 0.2) is 17.5 Å². The molecule has 4 heterocycles. The molecular weight excluding hydrogens is 432 g/mol. The van der Waals surface area contributed by atoms with Crippen LogP contribution < -0.4 is 5.32 Å². The molecule has 0 saturated heterocycles. The smallest absolute Gasteiger partial charge is 0.277 e. The first kappa shape index (κ1) is 18.3. The van der Waals surface area contributed by atoms with Crippen LogP contribution in [0.25, 0.3) is 10.7 Å². The number of H-pyrrole nitrogens is 1. The first-order chi connectivity index (χ1) is 14.0. The quantitative estimate of drug-likeness (QED) is 0.459. The Hall–Kier alpha value is -2.69. The number of nitrogens with one attached hydrogen (secondary N) is 2. The molecule has 1 saturated carbocycles. The van der Waals surface area contributed by atoms with Crippen molar-refractivity contribution in [3.8, 4) is 10.7 Å². The fraction of sp³-hybridized carbons (Fsp3) is 0.167. The summed E-state index contributed by atoms with van der Waals surface area (Å²) in [6.07, 6.45) is 6.82. The van der Waals surface area contributed by atoms with E-state index in [-0.39, 0.29) is 4.21 Å². The maximum atomic E-state index is 12.7. The zero-order valence-corrected chi connectivity index (χ0v) is 17.3. The lowest BCUT2D eigenvalue weighted by atomic mass is 10.3. The van der Waals surface area contributed by atoms with E-state index in [1.807, 2.05) is 6.07 Å². The predicted molar refractivity (Wildman–Crippen MR) is 111 cm³/mol. The molecule has 2 N–H and O–H groups in total. The standard InChI is InChI=1S/C18H15ClN6O2S2/c19-12-10-20-18(22-17(12)21-15-9-13(23-24-15)11-3-4-11)14-5-6-16(28-14)29(26,27)25-7-1-2-8-25/h1-2,5-11H,3-4H2,(H2,20,21,22,23,24). The molecule has 0 aliphatic heterocycles. The van der Waals surface area contributed by atoms with Gasteiger partial charge in [-0.15, -0.1) is 11.3 Å². The van der Waals surface area contributed by atoms with Gasteiger partial charge in [0.25, 0.3) is 10.0 Å². The van der Waals surface area contributed by atoms with Crippen LogP contribution in [-0.2, 0) is 10.0 Å². The van der Waals surface area contributed by atoms with Gasteiger partial charge in [0.2, 0.25) is 0 Å². The summed E-state index contributed by atoms with van der Waals surface area (Å²) in [7, 11) is -3.63.